The minimum Gasteiger partial charge on any atom is -0.343 e. The number of hydrogen-bond donors (Lipinski definition) is 0. The first-order valence-electron chi connectivity index (χ1n) is 11.8. The molecule has 160 valence electrons. The van der Waals surface area contributed by atoms with Crippen LogP contribution in [0.25, 0.3) is 66.0 Å². The van der Waals surface area contributed by atoms with E-state index in [0.717, 1.165) is 0 Å². The molecule has 0 spiro atoms. The highest BCUT2D eigenvalue weighted by Crippen LogP contribution is 2.48. The standard InChI is InChI=1S/C33H23N/c1-34-30-21-25-16-9-8-15-24(25)19-28(30)31(23-13-6-3-7-14-23)29-20-26-17-10-18-27(32(26)33(29)34)22-11-4-2-5-12-22/h2-21H,1H3. The number of pyridine rings is 1. The Balaban J connectivity index is 1.71. The van der Waals surface area contributed by atoms with Gasteiger partial charge in [0.15, 0.2) is 0 Å². The molecule has 0 saturated carbocycles. The lowest BCUT2D eigenvalue weighted by molar-refractivity contribution is 0.973. The first-order chi connectivity index (χ1) is 16.8. The van der Waals surface area contributed by atoms with Gasteiger partial charge in [-0.3, -0.25) is 0 Å². The van der Waals surface area contributed by atoms with Crippen LogP contribution in [0.15, 0.2) is 121 Å². The van der Waals surface area contributed by atoms with Crippen molar-refractivity contribution in [2.24, 2.45) is 7.05 Å². The van der Waals surface area contributed by atoms with Crippen molar-refractivity contribution in [3.8, 4) is 33.5 Å². The SMILES string of the molecule is Cn1c2c3c(-c4ccccc4)cccc3cc-2c(-c2ccccc2)c2cc3ccccc3cc21. The second kappa shape index (κ2) is 7.33. The largest absolute Gasteiger partial charge is 0.343 e. The summed E-state index contributed by atoms with van der Waals surface area (Å²) in [5.41, 5.74) is 8.93. The summed E-state index contributed by atoms with van der Waals surface area (Å²) in [5, 5.41) is 6.43. The Labute approximate surface area is 198 Å². The Morgan fingerprint density at radius 3 is 1.85 bits per heavy atom. The van der Waals surface area contributed by atoms with Crippen LogP contribution in [-0.4, -0.2) is 4.57 Å². The summed E-state index contributed by atoms with van der Waals surface area (Å²) in [6, 6.07) is 44.0. The third-order valence-corrected chi connectivity index (χ3v) is 7.14. The molecule has 0 N–H and O–H groups in total. The summed E-state index contributed by atoms with van der Waals surface area (Å²) in [7, 11) is 2.22. The van der Waals surface area contributed by atoms with Crippen LogP contribution in [0.4, 0.5) is 0 Å². The van der Waals surface area contributed by atoms with Crippen LogP contribution in [0.3, 0.4) is 0 Å². The van der Waals surface area contributed by atoms with Gasteiger partial charge in [-0.2, -0.15) is 0 Å². The fraction of sp³-hybridized carbons (Fsp3) is 0.0303. The van der Waals surface area contributed by atoms with Crippen molar-refractivity contribution in [3.63, 3.8) is 0 Å². The topological polar surface area (TPSA) is 4.93 Å². The van der Waals surface area contributed by atoms with E-state index in [9.17, 15) is 0 Å². The molecular formula is C33H23N. The molecule has 5 aromatic rings. The molecular weight excluding hydrogens is 410 g/mol. The summed E-state index contributed by atoms with van der Waals surface area (Å²) in [6.45, 7) is 0. The highest BCUT2D eigenvalue weighted by Gasteiger charge is 2.23. The monoisotopic (exact) mass is 433 g/mol. The summed E-state index contributed by atoms with van der Waals surface area (Å²) >= 11 is 0. The third kappa shape index (κ3) is 2.74. The number of aromatic nitrogens is 1. The van der Waals surface area contributed by atoms with E-state index in [-0.39, 0.29) is 0 Å². The Morgan fingerprint density at radius 2 is 1.12 bits per heavy atom. The van der Waals surface area contributed by atoms with Crippen molar-refractivity contribution in [1.82, 2.24) is 4.57 Å². The third-order valence-electron chi connectivity index (χ3n) is 7.14. The van der Waals surface area contributed by atoms with E-state index in [2.05, 4.69) is 133 Å². The maximum absolute atomic E-state index is 2.40. The number of hydrogen-bond acceptors (Lipinski definition) is 0. The molecule has 2 aliphatic rings. The number of benzene rings is 5. The van der Waals surface area contributed by atoms with Gasteiger partial charge in [0.2, 0.25) is 0 Å². The minimum absolute atomic E-state index is 1.25. The zero-order valence-electron chi connectivity index (χ0n) is 19.0. The normalized spacial score (nSPS) is 11.7. The van der Waals surface area contributed by atoms with Crippen LogP contribution in [0.5, 0.6) is 0 Å². The fourth-order valence-corrected chi connectivity index (χ4v) is 5.60. The maximum atomic E-state index is 2.40. The lowest BCUT2D eigenvalue weighted by atomic mass is 9.91. The van der Waals surface area contributed by atoms with Crippen molar-refractivity contribution in [2.45, 2.75) is 0 Å². The van der Waals surface area contributed by atoms with Crippen LogP contribution in [0.2, 0.25) is 0 Å². The summed E-state index contributed by atoms with van der Waals surface area (Å²) in [4.78, 5) is 0. The van der Waals surface area contributed by atoms with E-state index in [1.807, 2.05) is 0 Å². The van der Waals surface area contributed by atoms with Crippen molar-refractivity contribution in [3.05, 3.63) is 121 Å². The van der Waals surface area contributed by atoms with Gasteiger partial charge in [-0.15, -0.1) is 0 Å². The second-order valence-corrected chi connectivity index (χ2v) is 9.06. The molecule has 0 unspecified atom stereocenters. The summed E-state index contributed by atoms with van der Waals surface area (Å²) in [5.74, 6) is 0. The van der Waals surface area contributed by atoms with Gasteiger partial charge in [0.05, 0.1) is 5.69 Å². The van der Waals surface area contributed by atoms with Gasteiger partial charge >= 0.3 is 0 Å². The van der Waals surface area contributed by atoms with Crippen molar-refractivity contribution >= 4 is 32.4 Å². The Morgan fingerprint density at radius 1 is 0.500 bits per heavy atom. The lowest BCUT2D eigenvalue weighted by Gasteiger charge is -2.21. The van der Waals surface area contributed by atoms with Gasteiger partial charge < -0.3 is 4.57 Å². The summed E-state index contributed by atoms with van der Waals surface area (Å²) < 4.78 is 2.40. The molecule has 1 aliphatic heterocycles. The van der Waals surface area contributed by atoms with Crippen molar-refractivity contribution < 1.29 is 0 Å². The maximum Gasteiger partial charge on any atom is 0.0574 e. The van der Waals surface area contributed by atoms with E-state index >= 15 is 0 Å². The Bertz CT molecular complexity index is 1790. The van der Waals surface area contributed by atoms with Crippen LogP contribution in [0, 0.1) is 0 Å². The predicted molar refractivity (Wildman–Crippen MR) is 145 cm³/mol. The van der Waals surface area contributed by atoms with Crippen LogP contribution >= 0.6 is 0 Å². The van der Waals surface area contributed by atoms with Crippen LogP contribution < -0.4 is 0 Å². The molecule has 7 rings (SSSR count). The Kier molecular flexibility index (Phi) is 4.13. The highest BCUT2D eigenvalue weighted by atomic mass is 14.9. The summed E-state index contributed by atoms with van der Waals surface area (Å²) in [6.07, 6.45) is 0. The average Bonchev–Trinajstić information content (AvgIpc) is 3.29. The predicted octanol–water partition coefficient (Wildman–Crippen LogP) is 8.92. The molecule has 34 heavy (non-hydrogen) atoms. The number of fused-ring (bicyclic) bond motifs is 5. The molecule has 0 radical (unpaired) electrons. The smallest absolute Gasteiger partial charge is 0.0574 e. The van der Waals surface area contributed by atoms with E-state index in [1.165, 1.54) is 66.0 Å². The van der Waals surface area contributed by atoms with Gasteiger partial charge in [-0.1, -0.05) is 103 Å². The second-order valence-electron chi connectivity index (χ2n) is 9.06. The van der Waals surface area contributed by atoms with E-state index < -0.39 is 0 Å². The average molecular weight is 434 g/mol. The number of nitrogens with zero attached hydrogens (tertiary/aromatic N) is 1. The number of aryl methyl sites for hydroxylation is 1. The van der Waals surface area contributed by atoms with Crippen LogP contribution in [-0.2, 0) is 7.05 Å². The minimum atomic E-state index is 1.25. The zero-order chi connectivity index (χ0) is 22.6. The van der Waals surface area contributed by atoms with E-state index in [1.54, 1.807) is 0 Å². The number of rotatable bonds is 2. The quantitative estimate of drug-likeness (QED) is 0.240. The zero-order valence-corrected chi connectivity index (χ0v) is 19.0. The van der Waals surface area contributed by atoms with Crippen molar-refractivity contribution in [2.75, 3.05) is 0 Å². The molecule has 1 heteroatoms. The van der Waals surface area contributed by atoms with Gasteiger partial charge in [0, 0.05) is 34.5 Å². The molecule has 0 fully saturated rings. The first kappa shape index (κ1) is 19.1. The van der Waals surface area contributed by atoms with Crippen molar-refractivity contribution in [1.29, 1.82) is 0 Å². The molecule has 0 saturated heterocycles. The molecule has 0 aromatic heterocycles. The van der Waals surface area contributed by atoms with Gasteiger partial charge in [0.1, 0.15) is 0 Å². The highest BCUT2D eigenvalue weighted by molar-refractivity contribution is 6.17. The molecule has 1 aliphatic carbocycles. The molecule has 1 nitrogen and oxygen atoms in total. The Hall–Kier alpha value is -4.36. The van der Waals surface area contributed by atoms with Crippen LogP contribution in [0.1, 0.15) is 0 Å². The molecule has 0 atom stereocenters. The first-order valence-corrected chi connectivity index (χ1v) is 11.8. The van der Waals surface area contributed by atoms with Gasteiger partial charge in [-0.05, 0) is 51.0 Å². The molecule has 0 amide bonds. The van der Waals surface area contributed by atoms with E-state index in [0.29, 0.717) is 0 Å². The molecule has 1 heterocycles. The molecule has 0 bridgehead atoms. The fourth-order valence-electron chi connectivity index (χ4n) is 5.60. The van der Waals surface area contributed by atoms with Gasteiger partial charge in [0.25, 0.3) is 0 Å². The molecule has 5 aromatic carbocycles. The van der Waals surface area contributed by atoms with E-state index in [4.69, 9.17) is 0 Å². The lowest BCUT2D eigenvalue weighted by Crippen LogP contribution is -2.02. The van der Waals surface area contributed by atoms with Gasteiger partial charge in [-0.25, -0.2) is 0 Å².